The van der Waals surface area contributed by atoms with Crippen LogP contribution in [-0.2, 0) is 16.6 Å². The van der Waals surface area contributed by atoms with Crippen LogP contribution in [0.1, 0.15) is 11.4 Å². The van der Waals surface area contributed by atoms with E-state index in [0.29, 0.717) is 22.5 Å². The normalized spacial score (nSPS) is 11.9. The van der Waals surface area contributed by atoms with Crippen molar-refractivity contribution in [3.63, 3.8) is 0 Å². The second-order valence-corrected chi connectivity index (χ2v) is 7.09. The number of hydrogen-bond donors (Lipinski definition) is 1. The monoisotopic (exact) mass is 357 g/mol. The van der Waals surface area contributed by atoms with Crippen LogP contribution < -0.4 is 5.32 Å². The Balaban J connectivity index is 1.75. The van der Waals surface area contributed by atoms with Gasteiger partial charge in [-0.25, -0.2) is 9.97 Å². The summed E-state index contributed by atoms with van der Waals surface area (Å²) < 4.78 is 12.4. The van der Waals surface area contributed by atoms with Crippen LogP contribution in [0, 0.1) is 6.92 Å². The summed E-state index contributed by atoms with van der Waals surface area (Å²) in [6.07, 6.45) is 0. The number of benzene rings is 2. The van der Waals surface area contributed by atoms with Gasteiger partial charge in [-0.2, -0.15) is 0 Å². The molecule has 6 heteroatoms. The fraction of sp³-hybridized carbons (Fsp3) is 0.111. The fourth-order valence-corrected chi connectivity index (χ4v) is 3.62. The lowest BCUT2D eigenvalue weighted by atomic mass is 10.2. The third-order valence-electron chi connectivity index (χ3n) is 3.31. The Kier molecular flexibility index (Phi) is 5.23. The topological polar surface area (TPSA) is 54.9 Å². The van der Waals surface area contributed by atoms with Gasteiger partial charge in [-0.3, -0.25) is 4.21 Å². The van der Waals surface area contributed by atoms with E-state index in [1.165, 1.54) is 0 Å². The van der Waals surface area contributed by atoms with Crippen molar-refractivity contribution in [2.45, 2.75) is 17.6 Å². The Bertz CT molecular complexity index is 851. The van der Waals surface area contributed by atoms with Gasteiger partial charge in [0.15, 0.2) is 0 Å². The Hall–Kier alpha value is -2.24. The van der Waals surface area contributed by atoms with E-state index in [9.17, 15) is 4.21 Å². The average molecular weight is 358 g/mol. The summed E-state index contributed by atoms with van der Waals surface area (Å²) in [6, 6.07) is 18.9. The number of aromatic nitrogens is 2. The molecule has 3 rings (SSSR count). The van der Waals surface area contributed by atoms with Gasteiger partial charge in [0.2, 0.25) is 0 Å². The van der Waals surface area contributed by atoms with Crippen molar-refractivity contribution in [2.24, 2.45) is 0 Å². The van der Waals surface area contributed by atoms with E-state index in [2.05, 4.69) is 15.3 Å². The second-order valence-electron chi connectivity index (χ2n) is 5.25. The lowest BCUT2D eigenvalue weighted by Crippen LogP contribution is -1.99. The standard InChI is InChI=1S/C18H16ClN3OS/c1-13-20-17(19)11-18(21-13)22-15-7-5-6-14(10-15)12-24(23)16-8-3-2-4-9-16/h2-11H,12H2,1H3,(H,20,21,22). The average Bonchev–Trinajstić information content (AvgIpc) is 2.55. The zero-order valence-electron chi connectivity index (χ0n) is 13.1. The molecule has 1 aromatic heterocycles. The molecule has 0 aliphatic carbocycles. The first kappa shape index (κ1) is 16.6. The van der Waals surface area contributed by atoms with Gasteiger partial charge in [-0.05, 0) is 36.8 Å². The fourth-order valence-electron chi connectivity index (χ4n) is 2.29. The van der Waals surface area contributed by atoms with Crippen molar-refractivity contribution in [1.29, 1.82) is 0 Å². The Morgan fingerprint density at radius 1 is 1.04 bits per heavy atom. The van der Waals surface area contributed by atoms with E-state index < -0.39 is 10.8 Å². The SMILES string of the molecule is Cc1nc(Cl)cc(Nc2cccc(CS(=O)c3ccccc3)c2)n1. The molecule has 1 heterocycles. The lowest BCUT2D eigenvalue weighted by molar-refractivity contribution is 0.682. The molecular formula is C18H16ClN3OS. The highest BCUT2D eigenvalue weighted by molar-refractivity contribution is 7.84. The first-order valence-corrected chi connectivity index (χ1v) is 9.10. The van der Waals surface area contributed by atoms with Crippen LogP contribution in [0.2, 0.25) is 5.15 Å². The zero-order valence-corrected chi connectivity index (χ0v) is 14.6. The molecule has 0 saturated carbocycles. The molecule has 1 N–H and O–H groups in total. The van der Waals surface area contributed by atoms with E-state index in [-0.39, 0.29) is 0 Å². The maximum atomic E-state index is 12.4. The van der Waals surface area contributed by atoms with E-state index in [0.717, 1.165) is 16.1 Å². The van der Waals surface area contributed by atoms with Crippen LogP contribution in [0.4, 0.5) is 11.5 Å². The molecule has 0 spiro atoms. The summed E-state index contributed by atoms with van der Waals surface area (Å²) in [7, 11) is -1.07. The number of aryl methyl sites for hydroxylation is 1. The molecule has 1 atom stereocenters. The Morgan fingerprint density at radius 2 is 1.83 bits per heavy atom. The second kappa shape index (κ2) is 7.55. The number of rotatable bonds is 5. The highest BCUT2D eigenvalue weighted by Gasteiger charge is 2.06. The first-order valence-electron chi connectivity index (χ1n) is 7.41. The smallest absolute Gasteiger partial charge is 0.135 e. The predicted molar refractivity (Wildman–Crippen MR) is 98.1 cm³/mol. The quantitative estimate of drug-likeness (QED) is 0.683. The zero-order chi connectivity index (χ0) is 16.9. The summed E-state index contributed by atoms with van der Waals surface area (Å²) >= 11 is 5.95. The van der Waals surface area contributed by atoms with E-state index in [1.54, 1.807) is 13.0 Å². The predicted octanol–water partition coefficient (Wildman–Crippen LogP) is 4.49. The van der Waals surface area contributed by atoms with Crippen LogP contribution in [0.5, 0.6) is 0 Å². The third-order valence-corrected chi connectivity index (χ3v) is 4.90. The maximum Gasteiger partial charge on any atom is 0.135 e. The molecule has 0 amide bonds. The summed E-state index contributed by atoms with van der Waals surface area (Å²) in [4.78, 5) is 9.17. The minimum atomic E-state index is -1.07. The van der Waals surface area contributed by atoms with Gasteiger partial charge < -0.3 is 5.32 Å². The number of nitrogens with zero attached hydrogens (tertiary/aromatic N) is 2. The molecule has 122 valence electrons. The van der Waals surface area contributed by atoms with Crippen molar-refractivity contribution in [2.75, 3.05) is 5.32 Å². The van der Waals surface area contributed by atoms with E-state index in [4.69, 9.17) is 11.6 Å². The molecular weight excluding hydrogens is 342 g/mol. The minimum absolute atomic E-state index is 0.395. The molecule has 0 radical (unpaired) electrons. The highest BCUT2D eigenvalue weighted by atomic mass is 35.5. The first-order chi connectivity index (χ1) is 11.6. The Morgan fingerprint density at radius 3 is 2.58 bits per heavy atom. The van der Waals surface area contributed by atoms with E-state index >= 15 is 0 Å². The number of halogens is 1. The van der Waals surface area contributed by atoms with Gasteiger partial charge in [-0.15, -0.1) is 0 Å². The summed E-state index contributed by atoms with van der Waals surface area (Å²) in [5, 5.41) is 3.60. The van der Waals surface area contributed by atoms with Gasteiger partial charge in [-0.1, -0.05) is 41.9 Å². The molecule has 0 saturated heterocycles. The molecule has 1 unspecified atom stereocenters. The van der Waals surface area contributed by atoms with E-state index in [1.807, 2.05) is 54.6 Å². The van der Waals surface area contributed by atoms with Gasteiger partial charge in [0.25, 0.3) is 0 Å². The Labute approximate surface area is 148 Å². The van der Waals surface area contributed by atoms with Gasteiger partial charge in [0.05, 0.1) is 16.6 Å². The largest absolute Gasteiger partial charge is 0.340 e. The molecule has 3 aromatic rings. The molecule has 2 aromatic carbocycles. The van der Waals surface area contributed by atoms with Gasteiger partial charge in [0, 0.05) is 16.6 Å². The summed E-state index contributed by atoms with van der Waals surface area (Å²) in [6.45, 7) is 1.79. The number of anilines is 2. The van der Waals surface area contributed by atoms with Crippen molar-refractivity contribution < 1.29 is 4.21 Å². The molecule has 24 heavy (non-hydrogen) atoms. The molecule has 0 aliphatic rings. The van der Waals surface area contributed by atoms with Crippen molar-refractivity contribution >= 4 is 33.9 Å². The van der Waals surface area contributed by atoms with Crippen LogP contribution in [0.25, 0.3) is 0 Å². The third kappa shape index (κ3) is 4.40. The van der Waals surface area contributed by atoms with Gasteiger partial charge in [0.1, 0.15) is 16.8 Å². The molecule has 0 aliphatic heterocycles. The van der Waals surface area contributed by atoms with Gasteiger partial charge >= 0.3 is 0 Å². The lowest BCUT2D eigenvalue weighted by Gasteiger charge is -2.09. The molecule has 4 nitrogen and oxygen atoms in total. The van der Waals surface area contributed by atoms with Crippen LogP contribution in [0.15, 0.2) is 65.6 Å². The van der Waals surface area contributed by atoms with Crippen LogP contribution in [-0.4, -0.2) is 14.2 Å². The molecule has 0 bridgehead atoms. The summed E-state index contributed by atoms with van der Waals surface area (Å²) in [5.41, 5.74) is 1.85. The minimum Gasteiger partial charge on any atom is -0.340 e. The highest BCUT2D eigenvalue weighted by Crippen LogP contribution is 2.20. The summed E-state index contributed by atoms with van der Waals surface area (Å²) in [5.74, 6) is 1.70. The number of nitrogens with one attached hydrogen (secondary N) is 1. The molecule has 0 fully saturated rings. The van der Waals surface area contributed by atoms with Crippen LogP contribution in [0.3, 0.4) is 0 Å². The van der Waals surface area contributed by atoms with Crippen molar-refractivity contribution in [1.82, 2.24) is 9.97 Å². The van der Waals surface area contributed by atoms with Crippen molar-refractivity contribution in [3.8, 4) is 0 Å². The number of hydrogen-bond acceptors (Lipinski definition) is 4. The maximum absolute atomic E-state index is 12.4. The van der Waals surface area contributed by atoms with Crippen molar-refractivity contribution in [3.05, 3.63) is 77.2 Å². The van der Waals surface area contributed by atoms with Crippen LogP contribution >= 0.6 is 11.6 Å².